The molecule has 2 aromatic rings. The first kappa shape index (κ1) is 26.6. The molecule has 1 aliphatic rings. The second kappa shape index (κ2) is 9.91. The Morgan fingerprint density at radius 2 is 1.79 bits per heavy atom. The number of rotatable bonds is 8. The summed E-state index contributed by atoms with van der Waals surface area (Å²) < 4.78 is 26.7. The van der Waals surface area contributed by atoms with Crippen molar-refractivity contribution < 1.29 is 18.6 Å². The van der Waals surface area contributed by atoms with Gasteiger partial charge in [0.05, 0.1) is 13.2 Å². The molecule has 1 aromatic heterocycles. The number of nitrogens with zero attached hydrogens (tertiary/aromatic N) is 1. The average molecular weight is 491 g/mol. The van der Waals surface area contributed by atoms with E-state index in [-0.39, 0.29) is 11.6 Å². The van der Waals surface area contributed by atoms with Crippen LogP contribution in [0, 0.1) is 6.92 Å². The molecule has 0 unspecified atom stereocenters. The Morgan fingerprint density at radius 1 is 1.15 bits per heavy atom. The van der Waals surface area contributed by atoms with Crippen LogP contribution in [0.4, 0.5) is 0 Å². The Hall–Kier alpha value is -2.04. The van der Waals surface area contributed by atoms with Gasteiger partial charge in [-0.05, 0) is 44.5 Å². The molecule has 0 amide bonds. The maximum atomic E-state index is 12.9. The highest BCUT2D eigenvalue weighted by atomic mass is 28.4. The number of H-pyrrole nitrogens is 1. The Kier molecular flexibility index (Phi) is 7.74. The third kappa shape index (κ3) is 6.14. The molecule has 2 heterocycles. The van der Waals surface area contributed by atoms with E-state index in [4.69, 9.17) is 18.6 Å². The number of hydrogen-bond acceptors (Lipinski definition) is 6. The zero-order valence-corrected chi connectivity index (χ0v) is 22.5. The Bertz CT molecular complexity index is 1090. The molecule has 0 spiro atoms. The van der Waals surface area contributed by atoms with Crippen LogP contribution in [0.3, 0.4) is 0 Å². The molecule has 1 aliphatic heterocycles. The summed E-state index contributed by atoms with van der Waals surface area (Å²) in [7, 11) is -2.36. The molecule has 0 bridgehead atoms. The van der Waals surface area contributed by atoms with E-state index in [1.54, 1.807) is 6.92 Å². The zero-order chi connectivity index (χ0) is 25.3. The van der Waals surface area contributed by atoms with Gasteiger partial charge in [-0.2, -0.15) is 0 Å². The monoisotopic (exact) mass is 490 g/mol. The van der Waals surface area contributed by atoms with Crippen molar-refractivity contribution in [1.29, 1.82) is 0 Å². The number of aromatic nitrogens is 2. The third-order valence-electron chi connectivity index (χ3n) is 6.54. The van der Waals surface area contributed by atoms with Crippen molar-refractivity contribution in [2.24, 2.45) is 0 Å². The Labute approximate surface area is 202 Å². The van der Waals surface area contributed by atoms with Gasteiger partial charge in [0.1, 0.15) is 12.2 Å². The highest BCUT2D eigenvalue weighted by Gasteiger charge is 2.50. The number of nitrogens with one attached hydrogen (secondary N) is 1. The van der Waals surface area contributed by atoms with E-state index in [9.17, 15) is 9.59 Å². The predicted molar refractivity (Wildman–Crippen MR) is 133 cm³/mol. The maximum Gasteiger partial charge on any atom is 0.330 e. The van der Waals surface area contributed by atoms with Gasteiger partial charge in [0.15, 0.2) is 20.3 Å². The van der Waals surface area contributed by atoms with Crippen LogP contribution in [-0.2, 0) is 25.2 Å². The number of aromatic amines is 1. The minimum absolute atomic E-state index is 0.111. The average Bonchev–Trinajstić information content (AvgIpc) is 3.03. The lowest BCUT2D eigenvalue weighted by Gasteiger charge is -2.41. The summed E-state index contributed by atoms with van der Waals surface area (Å²) in [6.07, 6.45) is -0.359. The van der Waals surface area contributed by atoms with Crippen molar-refractivity contribution in [3.8, 4) is 0 Å². The highest BCUT2D eigenvalue weighted by Crippen LogP contribution is 2.42. The summed E-state index contributed by atoms with van der Waals surface area (Å²) in [6, 6.07) is 9.89. The van der Waals surface area contributed by atoms with E-state index in [2.05, 4.69) is 38.8 Å². The molecule has 0 radical (unpaired) electrons. The molecule has 188 valence electrons. The molecular weight excluding hydrogens is 452 g/mol. The molecule has 8 nitrogen and oxygen atoms in total. The normalized spacial score (nSPS) is 21.5. The first-order chi connectivity index (χ1) is 15.7. The van der Waals surface area contributed by atoms with Gasteiger partial charge >= 0.3 is 5.69 Å². The molecule has 1 saturated heterocycles. The lowest BCUT2D eigenvalue weighted by Crippen LogP contribution is -2.50. The Balaban J connectivity index is 1.95. The van der Waals surface area contributed by atoms with E-state index in [0.29, 0.717) is 12.2 Å². The van der Waals surface area contributed by atoms with Gasteiger partial charge in [-0.25, -0.2) is 4.79 Å². The first-order valence-corrected chi connectivity index (χ1v) is 14.6. The standard InChI is InChI=1S/C25H38N2O6Si/c1-17-14-27(23(29)26-21(17)28)22(33-34(7,8)24(2,3)4)20-19(31-25(5,6)32-20)16-30-15-18-12-10-9-11-13-18/h9-14,19-20,22H,15-16H2,1-8H3,(H,26,28,29)/t19-,20+,22-/m1/s1. The Morgan fingerprint density at radius 3 is 2.41 bits per heavy atom. The van der Waals surface area contributed by atoms with Crippen LogP contribution in [0.15, 0.2) is 46.1 Å². The molecule has 34 heavy (non-hydrogen) atoms. The van der Waals surface area contributed by atoms with Crippen LogP contribution in [0.1, 0.15) is 52.0 Å². The second-order valence-corrected chi connectivity index (χ2v) is 15.6. The number of aryl methyl sites for hydroxylation is 1. The summed E-state index contributed by atoms with van der Waals surface area (Å²) >= 11 is 0. The lowest BCUT2D eigenvalue weighted by molar-refractivity contribution is -0.162. The predicted octanol–water partition coefficient (Wildman–Crippen LogP) is 4.10. The fourth-order valence-electron chi connectivity index (χ4n) is 3.64. The topological polar surface area (TPSA) is 91.8 Å². The van der Waals surface area contributed by atoms with Crippen LogP contribution >= 0.6 is 0 Å². The molecule has 1 fully saturated rings. The smallest absolute Gasteiger partial charge is 0.330 e. The number of benzene rings is 1. The molecular formula is C25H38N2O6Si. The molecule has 0 saturated carbocycles. The van der Waals surface area contributed by atoms with Gasteiger partial charge in [-0.3, -0.25) is 14.3 Å². The van der Waals surface area contributed by atoms with Crippen LogP contribution in [0.2, 0.25) is 18.1 Å². The lowest BCUT2D eigenvalue weighted by atomic mass is 10.2. The summed E-state index contributed by atoms with van der Waals surface area (Å²) in [6.45, 7) is 16.7. The largest absolute Gasteiger partial charge is 0.395 e. The van der Waals surface area contributed by atoms with E-state index in [1.165, 1.54) is 10.8 Å². The molecule has 3 rings (SSSR count). The van der Waals surface area contributed by atoms with Crippen LogP contribution < -0.4 is 11.2 Å². The second-order valence-electron chi connectivity index (χ2n) is 10.9. The molecule has 3 atom stereocenters. The number of hydrogen-bond donors (Lipinski definition) is 1. The summed E-state index contributed by atoms with van der Waals surface area (Å²) in [5.41, 5.74) is 0.507. The number of ether oxygens (including phenoxy) is 3. The van der Waals surface area contributed by atoms with Crippen molar-refractivity contribution in [3.63, 3.8) is 0 Å². The summed E-state index contributed by atoms with van der Waals surface area (Å²) in [5.74, 6) is -0.888. The fourth-order valence-corrected chi connectivity index (χ4v) is 4.84. The molecule has 1 aromatic carbocycles. The SMILES string of the molecule is Cc1cn([C@H](O[Si](C)(C)C(C)(C)C)[C@H]2OC(C)(C)O[C@@H]2COCc2ccccc2)c(=O)[nH]c1=O. The van der Waals surface area contributed by atoms with Crippen molar-refractivity contribution in [1.82, 2.24) is 9.55 Å². The quantitative estimate of drug-likeness (QED) is 0.560. The summed E-state index contributed by atoms with van der Waals surface area (Å²) in [5, 5.41) is -0.111. The van der Waals surface area contributed by atoms with Gasteiger partial charge < -0.3 is 18.6 Å². The summed E-state index contributed by atoms with van der Waals surface area (Å²) in [4.78, 5) is 27.4. The fraction of sp³-hybridized carbons (Fsp3) is 0.600. The van der Waals surface area contributed by atoms with Crippen LogP contribution in [0.25, 0.3) is 0 Å². The van der Waals surface area contributed by atoms with Crippen LogP contribution in [0.5, 0.6) is 0 Å². The van der Waals surface area contributed by atoms with Crippen molar-refractivity contribution in [3.05, 3.63) is 68.5 Å². The highest BCUT2D eigenvalue weighted by molar-refractivity contribution is 6.74. The van der Waals surface area contributed by atoms with Gasteiger partial charge in [0.2, 0.25) is 0 Å². The van der Waals surface area contributed by atoms with E-state index in [0.717, 1.165) is 5.56 Å². The molecule has 1 N–H and O–H groups in total. The van der Waals surface area contributed by atoms with Gasteiger partial charge in [0, 0.05) is 11.8 Å². The van der Waals surface area contributed by atoms with Gasteiger partial charge in [-0.15, -0.1) is 0 Å². The maximum absolute atomic E-state index is 12.9. The minimum Gasteiger partial charge on any atom is -0.395 e. The van der Waals surface area contributed by atoms with E-state index >= 15 is 0 Å². The zero-order valence-electron chi connectivity index (χ0n) is 21.5. The van der Waals surface area contributed by atoms with Crippen molar-refractivity contribution in [2.45, 2.75) is 90.5 Å². The van der Waals surface area contributed by atoms with Crippen molar-refractivity contribution in [2.75, 3.05) is 6.61 Å². The van der Waals surface area contributed by atoms with E-state index < -0.39 is 43.8 Å². The molecule has 9 heteroatoms. The third-order valence-corrected chi connectivity index (χ3v) is 11.0. The van der Waals surface area contributed by atoms with Crippen molar-refractivity contribution >= 4 is 8.32 Å². The van der Waals surface area contributed by atoms with Crippen LogP contribution in [-0.4, -0.2) is 42.5 Å². The van der Waals surface area contributed by atoms with E-state index in [1.807, 2.05) is 44.2 Å². The minimum atomic E-state index is -2.36. The van der Waals surface area contributed by atoms with Gasteiger partial charge in [0.25, 0.3) is 5.56 Å². The first-order valence-electron chi connectivity index (χ1n) is 11.7. The van der Waals surface area contributed by atoms with Gasteiger partial charge in [-0.1, -0.05) is 51.1 Å². The molecule has 0 aliphatic carbocycles.